The first-order chi connectivity index (χ1) is 10.1. The van der Waals surface area contributed by atoms with Crippen molar-refractivity contribution in [3.63, 3.8) is 0 Å². The van der Waals surface area contributed by atoms with Crippen molar-refractivity contribution in [2.45, 2.75) is 19.2 Å². The molecule has 2 nitrogen and oxygen atoms in total. The van der Waals surface area contributed by atoms with E-state index in [0.717, 1.165) is 27.1 Å². The third-order valence-corrected chi connectivity index (χ3v) is 5.01. The first kappa shape index (κ1) is 14.7. The molecule has 0 bridgehead atoms. The highest BCUT2D eigenvalue weighted by Gasteiger charge is 2.21. The molecule has 1 heterocycles. The Morgan fingerprint density at radius 1 is 1.05 bits per heavy atom. The van der Waals surface area contributed by atoms with E-state index in [9.17, 15) is 0 Å². The molecule has 2 aromatic rings. The Hall–Kier alpha value is -1.19. The molecule has 0 aliphatic carbocycles. The molecule has 21 heavy (non-hydrogen) atoms. The summed E-state index contributed by atoms with van der Waals surface area (Å²) in [6, 6.07) is 10.1. The Kier molecular flexibility index (Phi) is 4.14. The van der Waals surface area contributed by atoms with E-state index in [1.807, 2.05) is 18.2 Å². The van der Waals surface area contributed by atoms with Crippen LogP contribution in [0.25, 0.3) is 0 Å². The molecule has 0 fully saturated rings. The molecule has 0 saturated carbocycles. The highest BCUT2D eigenvalue weighted by molar-refractivity contribution is 9.10. The van der Waals surface area contributed by atoms with Crippen LogP contribution in [0.1, 0.15) is 27.6 Å². The monoisotopic (exact) mass is 366 g/mol. The van der Waals surface area contributed by atoms with Crippen LogP contribution in [-0.4, -0.2) is 13.2 Å². The van der Waals surface area contributed by atoms with Crippen LogP contribution in [-0.2, 0) is 0 Å². The third kappa shape index (κ3) is 2.77. The van der Waals surface area contributed by atoms with Gasteiger partial charge in [-0.05, 0) is 48.2 Å². The van der Waals surface area contributed by atoms with Crippen molar-refractivity contribution in [2.24, 2.45) is 0 Å². The largest absolute Gasteiger partial charge is 0.486 e. The zero-order valence-electron chi connectivity index (χ0n) is 12.0. The van der Waals surface area contributed by atoms with Crippen LogP contribution in [0.5, 0.6) is 11.5 Å². The van der Waals surface area contributed by atoms with E-state index in [2.05, 4.69) is 41.9 Å². The number of hydrogen-bond acceptors (Lipinski definition) is 2. The van der Waals surface area contributed by atoms with Gasteiger partial charge in [0.05, 0.1) is 5.38 Å². The van der Waals surface area contributed by atoms with Gasteiger partial charge in [0.25, 0.3) is 0 Å². The minimum Gasteiger partial charge on any atom is -0.486 e. The summed E-state index contributed by atoms with van der Waals surface area (Å²) in [6.07, 6.45) is 0. The molecule has 1 atom stereocenters. The van der Waals surface area contributed by atoms with Gasteiger partial charge in [-0.1, -0.05) is 34.1 Å². The van der Waals surface area contributed by atoms with Crippen LogP contribution < -0.4 is 9.47 Å². The van der Waals surface area contributed by atoms with E-state index in [-0.39, 0.29) is 5.38 Å². The molecule has 0 amide bonds. The summed E-state index contributed by atoms with van der Waals surface area (Å²) in [5, 5.41) is -0.227. The normalized spacial score (nSPS) is 14.9. The van der Waals surface area contributed by atoms with E-state index in [1.54, 1.807) is 0 Å². The van der Waals surface area contributed by atoms with Crippen molar-refractivity contribution in [2.75, 3.05) is 13.2 Å². The average Bonchev–Trinajstić information content (AvgIpc) is 2.48. The number of hydrogen-bond donors (Lipinski definition) is 0. The van der Waals surface area contributed by atoms with E-state index < -0.39 is 0 Å². The van der Waals surface area contributed by atoms with Gasteiger partial charge in [-0.15, -0.1) is 11.6 Å². The fourth-order valence-corrected chi connectivity index (χ4v) is 3.59. The number of alkyl halides is 1. The lowest BCUT2D eigenvalue weighted by Crippen LogP contribution is -2.15. The smallest absolute Gasteiger partial charge is 0.162 e. The van der Waals surface area contributed by atoms with Crippen LogP contribution >= 0.6 is 27.5 Å². The Balaban J connectivity index is 2.05. The van der Waals surface area contributed by atoms with Gasteiger partial charge in [-0.3, -0.25) is 0 Å². The molecule has 4 heteroatoms. The molecule has 3 rings (SSSR count). The second kappa shape index (κ2) is 5.90. The summed E-state index contributed by atoms with van der Waals surface area (Å²) in [5.41, 5.74) is 4.58. The van der Waals surface area contributed by atoms with Crippen LogP contribution in [0.3, 0.4) is 0 Å². The first-order valence-electron chi connectivity index (χ1n) is 6.87. The van der Waals surface area contributed by atoms with Crippen molar-refractivity contribution in [1.29, 1.82) is 0 Å². The molecule has 0 radical (unpaired) electrons. The number of halogens is 2. The van der Waals surface area contributed by atoms with Gasteiger partial charge in [-0.25, -0.2) is 0 Å². The van der Waals surface area contributed by atoms with E-state index in [0.29, 0.717) is 13.2 Å². The highest BCUT2D eigenvalue weighted by atomic mass is 79.9. The molecule has 1 aliphatic rings. The van der Waals surface area contributed by atoms with Gasteiger partial charge in [-0.2, -0.15) is 0 Å². The summed E-state index contributed by atoms with van der Waals surface area (Å²) in [5.74, 6) is 1.53. The summed E-state index contributed by atoms with van der Waals surface area (Å²) in [7, 11) is 0. The quantitative estimate of drug-likeness (QED) is 0.682. The lowest BCUT2D eigenvalue weighted by atomic mass is 9.96. The predicted octanol–water partition coefficient (Wildman–Crippen LogP) is 5.17. The number of benzene rings is 2. The molecule has 0 aromatic heterocycles. The summed E-state index contributed by atoms with van der Waals surface area (Å²) >= 11 is 10.3. The van der Waals surface area contributed by atoms with Gasteiger partial charge < -0.3 is 9.47 Å². The Morgan fingerprint density at radius 2 is 1.71 bits per heavy atom. The number of aryl methyl sites for hydroxylation is 1. The summed E-state index contributed by atoms with van der Waals surface area (Å²) in [4.78, 5) is 0. The highest BCUT2D eigenvalue weighted by Crippen LogP contribution is 2.42. The van der Waals surface area contributed by atoms with Gasteiger partial charge in [0.2, 0.25) is 0 Å². The Labute approximate surface area is 138 Å². The molecular weight excluding hydrogens is 352 g/mol. The van der Waals surface area contributed by atoms with Crippen LogP contribution in [0.4, 0.5) is 0 Å². The maximum absolute atomic E-state index is 6.73. The first-order valence-corrected chi connectivity index (χ1v) is 8.10. The van der Waals surface area contributed by atoms with E-state index in [1.165, 1.54) is 11.1 Å². The van der Waals surface area contributed by atoms with Gasteiger partial charge >= 0.3 is 0 Å². The molecular formula is C17H16BrClO2. The van der Waals surface area contributed by atoms with Crippen LogP contribution in [0.15, 0.2) is 34.8 Å². The lowest BCUT2D eigenvalue weighted by Gasteiger charge is -2.22. The minimum atomic E-state index is -0.227. The maximum atomic E-state index is 6.73. The molecule has 110 valence electrons. The minimum absolute atomic E-state index is 0.227. The maximum Gasteiger partial charge on any atom is 0.162 e. The zero-order chi connectivity index (χ0) is 15.0. The van der Waals surface area contributed by atoms with Gasteiger partial charge in [0.1, 0.15) is 13.2 Å². The summed E-state index contributed by atoms with van der Waals surface area (Å²) in [6.45, 7) is 5.36. The number of ether oxygens (including phenoxy) is 2. The zero-order valence-corrected chi connectivity index (χ0v) is 14.3. The van der Waals surface area contributed by atoms with Crippen LogP contribution in [0.2, 0.25) is 0 Å². The van der Waals surface area contributed by atoms with Crippen molar-refractivity contribution in [1.82, 2.24) is 0 Å². The van der Waals surface area contributed by atoms with Crippen molar-refractivity contribution in [3.05, 3.63) is 57.1 Å². The lowest BCUT2D eigenvalue weighted by molar-refractivity contribution is 0.171. The molecule has 0 saturated heterocycles. The standard InChI is InChI=1S/C17H16BrClO2/c1-10-4-3-5-12(11(10)2)17(19)13-8-15-16(9-14(13)18)21-7-6-20-15/h3-5,8-9,17H,6-7H2,1-2H3. The van der Waals surface area contributed by atoms with Crippen LogP contribution in [0, 0.1) is 13.8 Å². The Morgan fingerprint density at radius 3 is 2.43 bits per heavy atom. The molecule has 1 aliphatic heterocycles. The molecule has 2 aromatic carbocycles. The fraction of sp³-hybridized carbons (Fsp3) is 0.294. The second-order valence-electron chi connectivity index (χ2n) is 5.17. The fourth-order valence-electron chi connectivity index (χ4n) is 2.49. The van der Waals surface area contributed by atoms with Crippen molar-refractivity contribution < 1.29 is 9.47 Å². The average molecular weight is 368 g/mol. The van der Waals surface area contributed by atoms with E-state index in [4.69, 9.17) is 21.1 Å². The number of fused-ring (bicyclic) bond motifs is 1. The molecule has 0 spiro atoms. The van der Waals surface area contributed by atoms with Gasteiger partial charge in [0.15, 0.2) is 11.5 Å². The topological polar surface area (TPSA) is 18.5 Å². The van der Waals surface area contributed by atoms with Gasteiger partial charge in [0, 0.05) is 4.47 Å². The second-order valence-corrected chi connectivity index (χ2v) is 6.46. The molecule has 1 unspecified atom stereocenters. The Bertz CT molecular complexity index is 685. The van der Waals surface area contributed by atoms with Crippen molar-refractivity contribution >= 4 is 27.5 Å². The summed E-state index contributed by atoms with van der Waals surface area (Å²) < 4.78 is 12.2. The van der Waals surface area contributed by atoms with E-state index >= 15 is 0 Å². The predicted molar refractivity (Wildman–Crippen MR) is 88.7 cm³/mol. The molecule has 0 N–H and O–H groups in total. The third-order valence-electron chi connectivity index (χ3n) is 3.85. The number of rotatable bonds is 2. The SMILES string of the molecule is Cc1cccc(C(Cl)c2cc3c(cc2Br)OCCO3)c1C. The van der Waals surface area contributed by atoms with Crippen molar-refractivity contribution in [3.8, 4) is 11.5 Å².